The summed E-state index contributed by atoms with van der Waals surface area (Å²) in [6.45, 7) is 3.85. The Kier molecular flexibility index (Phi) is 5.61. The zero-order chi connectivity index (χ0) is 12.8. The SMILES string of the molecule is CCOC(=O)C(CC)C(=O)c1cccc(I)c1. The summed E-state index contributed by atoms with van der Waals surface area (Å²) in [6.07, 6.45) is 0.461. The standard InChI is InChI=1S/C13H15IO3/c1-3-11(13(16)17-4-2)12(15)9-6-5-7-10(14)8-9/h5-8,11H,3-4H2,1-2H3. The molecule has 0 heterocycles. The van der Waals surface area contributed by atoms with Crippen LogP contribution in [-0.4, -0.2) is 18.4 Å². The summed E-state index contributed by atoms with van der Waals surface area (Å²) in [4.78, 5) is 23.8. The molecule has 17 heavy (non-hydrogen) atoms. The largest absolute Gasteiger partial charge is 0.465 e. The Bertz CT molecular complexity index is 415. The van der Waals surface area contributed by atoms with Gasteiger partial charge < -0.3 is 4.74 Å². The van der Waals surface area contributed by atoms with Gasteiger partial charge in [0.15, 0.2) is 5.78 Å². The van der Waals surface area contributed by atoms with Crippen LogP contribution in [0.4, 0.5) is 0 Å². The molecule has 0 fully saturated rings. The molecule has 0 aliphatic rings. The van der Waals surface area contributed by atoms with Crippen molar-refractivity contribution in [1.82, 2.24) is 0 Å². The Morgan fingerprint density at radius 1 is 1.35 bits per heavy atom. The van der Waals surface area contributed by atoms with Crippen molar-refractivity contribution in [3.05, 3.63) is 33.4 Å². The van der Waals surface area contributed by atoms with Crippen LogP contribution in [0, 0.1) is 9.49 Å². The Morgan fingerprint density at radius 3 is 2.59 bits per heavy atom. The van der Waals surface area contributed by atoms with Crippen molar-refractivity contribution in [2.45, 2.75) is 20.3 Å². The van der Waals surface area contributed by atoms with Gasteiger partial charge in [-0.3, -0.25) is 9.59 Å². The molecule has 0 bridgehead atoms. The lowest BCUT2D eigenvalue weighted by molar-refractivity contribution is -0.146. The number of halogens is 1. The molecule has 0 aliphatic carbocycles. The van der Waals surface area contributed by atoms with E-state index in [0.29, 0.717) is 18.6 Å². The quantitative estimate of drug-likeness (QED) is 0.356. The average Bonchev–Trinajstić information content (AvgIpc) is 2.30. The van der Waals surface area contributed by atoms with Gasteiger partial charge in [0.05, 0.1) is 6.61 Å². The molecule has 0 spiro atoms. The van der Waals surface area contributed by atoms with Crippen molar-refractivity contribution in [2.24, 2.45) is 5.92 Å². The highest BCUT2D eigenvalue weighted by Gasteiger charge is 2.26. The van der Waals surface area contributed by atoms with Crippen molar-refractivity contribution in [2.75, 3.05) is 6.61 Å². The monoisotopic (exact) mass is 346 g/mol. The van der Waals surface area contributed by atoms with Crippen LogP contribution in [0.2, 0.25) is 0 Å². The topological polar surface area (TPSA) is 43.4 Å². The van der Waals surface area contributed by atoms with Crippen LogP contribution in [0.3, 0.4) is 0 Å². The van der Waals surface area contributed by atoms with Gasteiger partial charge in [-0.05, 0) is 48.1 Å². The van der Waals surface area contributed by atoms with E-state index in [-0.39, 0.29) is 5.78 Å². The molecule has 0 saturated heterocycles. The third-order valence-corrected chi connectivity index (χ3v) is 3.08. The number of rotatable bonds is 5. The Morgan fingerprint density at radius 2 is 2.06 bits per heavy atom. The lowest BCUT2D eigenvalue weighted by Crippen LogP contribution is -2.25. The summed E-state index contributed by atoms with van der Waals surface area (Å²) < 4.78 is 5.88. The van der Waals surface area contributed by atoms with Gasteiger partial charge in [-0.1, -0.05) is 19.1 Å². The molecule has 0 radical (unpaired) electrons. The smallest absolute Gasteiger partial charge is 0.316 e. The predicted octanol–water partition coefficient (Wildman–Crippen LogP) is 3.06. The predicted molar refractivity (Wildman–Crippen MR) is 73.9 cm³/mol. The molecule has 4 heteroatoms. The third-order valence-electron chi connectivity index (χ3n) is 2.40. The van der Waals surface area contributed by atoms with Crippen LogP contribution in [0.1, 0.15) is 30.6 Å². The van der Waals surface area contributed by atoms with E-state index in [4.69, 9.17) is 4.74 Å². The van der Waals surface area contributed by atoms with Gasteiger partial charge in [0.1, 0.15) is 5.92 Å². The summed E-state index contributed by atoms with van der Waals surface area (Å²) in [7, 11) is 0. The van der Waals surface area contributed by atoms with Gasteiger partial charge in [-0.15, -0.1) is 0 Å². The Labute approximate surface area is 115 Å². The molecule has 1 aromatic carbocycles. The second-order valence-electron chi connectivity index (χ2n) is 3.59. The lowest BCUT2D eigenvalue weighted by Gasteiger charge is -2.12. The second-order valence-corrected chi connectivity index (χ2v) is 4.83. The number of hydrogen-bond acceptors (Lipinski definition) is 3. The van der Waals surface area contributed by atoms with Gasteiger partial charge in [-0.2, -0.15) is 0 Å². The first-order valence-corrected chi connectivity index (χ1v) is 6.64. The van der Waals surface area contributed by atoms with Crippen LogP contribution < -0.4 is 0 Å². The summed E-state index contributed by atoms with van der Waals surface area (Å²) in [5.74, 6) is -1.28. The average molecular weight is 346 g/mol. The molecular formula is C13H15IO3. The summed E-state index contributed by atoms with van der Waals surface area (Å²) in [5.41, 5.74) is 0.566. The van der Waals surface area contributed by atoms with Gasteiger partial charge in [0.25, 0.3) is 0 Å². The summed E-state index contributed by atoms with van der Waals surface area (Å²) in [5, 5.41) is 0. The maximum absolute atomic E-state index is 12.1. The van der Waals surface area contributed by atoms with Crippen molar-refractivity contribution in [1.29, 1.82) is 0 Å². The van der Waals surface area contributed by atoms with E-state index in [1.807, 2.05) is 19.1 Å². The minimum Gasteiger partial charge on any atom is -0.465 e. The van der Waals surface area contributed by atoms with E-state index >= 15 is 0 Å². The first-order chi connectivity index (χ1) is 8.10. The van der Waals surface area contributed by atoms with Crippen LogP contribution >= 0.6 is 22.6 Å². The lowest BCUT2D eigenvalue weighted by atomic mass is 9.95. The van der Waals surface area contributed by atoms with Crippen LogP contribution in [0.25, 0.3) is 0 Å². The Balaban J connectivity index is 2.90. The molecule has 0 aromatic heterocycles. The maximum atomic E-state index is 12.1. The number of esters is 1. The van der Waals surface area contributed by atoms with Crippen molar-refractivity contribution in [3.63, 3.8) is 0 Å². The summed E-state index contributed by atoms with van der Waals surface area (Å²) in [6, 6.07) is 7.23. The highest BCUT2D eigenvalue weighted by atomic mass is 127. The molecule has 0 aliphatic heterocycles. The highest BCUT2D eigenvalue weighted by Crippen LogP contribution is 2.16. The third kappa shape index (κ3) is 3.80. The van der Waals surface area contributed by atoms with E-state index in [2.05, 4.69) is 22.6 Å². The molecular weight excluding hydrogens is 331 g/mol. The first-order valence-electron chi connectivity index (χ1n) is 5.56. The van der Waals surface area contributed by atoms with E-state index in [9.17, 15) is 9.59 Å². The summed E-state index contributed by atoms with van der Waals surface area (Å²) >= 11 is 2.14. The minimum absolute atomic E-state index is 0.163. The molecule has 3 nitrogen and oxygen atoms in total. The number of benzene rings is 1. The molecule has 0 saturated carbocycles. The van der Waals surface area contributed by atoms with E-state index in [1.54, 1.807) is 19.1 Å². The molecule has 92 valence electrons. The molecule has 0 amide bonds. The Hall–Kier alpha value is -0.910. The maximum Gasteiger partial charge on any atom is 0.316 e. The fraction of sp³-hybridized carbons (Fsp3) is 0.385. The molecule has 1 rings (SSSR count). The van der Waals surface area contributed by atoms with Crippen molar-refractivity contribution in [3.8, 4) is 0 Å². The zero-order valence-corrected chi connectivity index (χ0v) is 12.1. The van der Waals surface area contributed by atoms with Crippen LogP contribution in [0.15, 0.2) is 24.3 Å². The number of Topliss-reactive ketones (excluding diaryl/α,β-unsaturated/α-hetero) is 1. The van der Waals surface area contributed by atoms with E-state index in [0.717, 1.165) is 3.57 Å². The van der Waals surface area contributed by atoms with Gasteiger partial charge in [-0.25, -0.2) is 0 Å². The highest BCUT2D eigenvalue weighted by molar-refractivity contribution is 14.1. The van der Waals surface area contributed by atoms with E-state index < -0.39 is 11.9 Å². The second kappa shape index (κ2) is 6.74. The molecule has 1 aromatic rings. The number of carbonyl (C=O) groups is 2. The van der Waals surface area contributed by atoms with Crippen LogP contribution in [-0.2, 0) is 9.53 Å². The van der Waals surface area contributed by atoms with Gasteiger partial charge >= 0.3 is 5.97 Å². The first kappa shape index (κ1) is 14.2. The number of ketones is 1. The number of carbonyl (C=O) groups excluding carboxylic acids is 2. The fourth-order valence-electron chi connectivity index (χ4n) is 1.54. The molecule has 0 N–H and O–H groups in total. The zero-order valence-electron chi connectivity index (χ0n) is 9.90. The van der Waals surface area contributed by atoms with Gasteiger partial charge in [0.2, 0.25) is 0 Å². The molecule has 1 atom stereocenters. The number of ether oxygens (including phenoxy) is 1. The minimum atomic E-state index is -0.687. The van der Waals surface area contributed by atoms with E-state index in [1.165, 1.54) is 0 Å². The van der Waals surface area contributed by atoms with Crippen molar-refractivity contribution < 1.29 is 14.3 Å². The van der Waals surface area contributed by atoms with Crippen molar-refractivity contribution >= 4 is 34.3 Å². The van der Waals surface area contributed by atoms with Gasteiger partial charge in [0, 0.05) is 9.13 Å². The van der Waals surface area contributed by atoms with Crippen LogP contribution in [0.5, 0.6) is 0 Å². The normalized spacial score (nSPS) is 11.9. The molecule has 1 unspecified atom stereocenters. The fourth-order valence-corrected chi connectivity index (χ4v) is 2.09. The number of hydrogen-bond donors (Lipinski definition) is 0.